The van der Waals surface area contributed by atoms with Crippen LogP contribution >= 0.6 is 0 Å². The number of hydrogen-bond donors (Lipinski definition) is 3. The highest BCUT2D eigenvalue weighted by atomic mass is 15.4. The Morgan fingerprint density at radius 2 is 1.93 bits per heavy atom. The van der Waals surface area contributed by atoms with Gasteiger partial charge < -0.3 is 17.3 Å². The number of nitrogen functional groups attached to an aromatic ring is 2. The average Bonchev–Trinajstić information content (AvgIpc) is 2.29. The predicted molar refractivity (Wildman–Crippen MR) is 55.6 cm³/mol. The lowest BCUT2D eigenvalue weighted by molar-refractivity contribution is 0.334. The third-order valence-electron chi connectivity index (χ3n) is 1.91. The van der Waals surface area contributed by atoms with Gasteiger partial charge in [-0.15, -0.1) is 10.2 Å². The van der Waals surface area contributed by atoms with Crippen LogP contribution in [-0.4, -0.2) is 14.9 Å². The monoisotopic (exact) mass is 198 g/mol. The molecule has 0 aromatic carbocycles. The van der Waals surface area contributed by atoms with E-state index in [1.807, 2.05) is 0 Å². The van der Waals surface area contributed by atoms with E-state index < -0.39 is 0 Å². The molecule has 1 heterocycles. The topological polar surface area (TPSA) is 109 Å². The molecule has 6 N–H and O–H groups in total. The molecular formula is C8H18N6. The fraction of sp³-hybridized carbons (Fsp3) is 0.750. The average molecular weight is 198 g/mol. The molecule has 0 aliphatic carbocycles. The second-order valence-corrected chi connectivity index (χ2v) is 4.66. The van der Waals surface area contributed by atoms with Crippen molar-refractivity contribution in [1.82, 2.24) is 14.9 Å². The fourth-order valence-electron chi connectivity index (χ4n) is 1.32. The summed E-state index contributed by atoms with van der Waals surface area (Å²) in [7, 11) is 0. The molecule has 0 aliphatic rings. The molecule has 0 saturated carbocycles. The molecule has 1 rings (SSSR count). The van der Waals surface area contributed by atoms with E-state index in [0.717, 1.165) is 6.42 Å². The Hall–Kier alpha value is -1.30. The van der Waals surface area contributed by atoms with Crippen LogP contribution in [0.5, 0.6) is 0 Å². The normalized spacial score (nSPS) is 14.3. The first-order valence-corrected chi connectivity index (χ1v) is 4.53. The first-order chi connectivity index (χ1) is 6.31. The number of hydrogen-bond acceptors (Lipinski definition) is 5. The molecule has 6 heteroatoms. The molecule has 80 valence electrons. The molecule has 1 unspecified atom stereocenters. The zero-order chi connectivity index (χ0) is 10.9. The Balaban J connectivity index is 2.80. The van der Waals surface area contributed by atoms with E-state index in [2.05, 4.69) is 31.0 Å². The maximum Gasteiger partial charge on any atom is 0.240 e. The zero-order valence-electron chi connectivity index (χ0n) is 8.86. The van der Waals surface area contributed by atoms with Gasteiger partial charge in [0.1, 0.15) is 0 Å². The van der Waals surface area contributed by atoms with Crippen LogP contribution in [0.3, 0.4) is 0 Å². The van der Waals surface area contributed by atoms with Crippen LogP contribution in [0.4, 0.5) is 5.95 Å². The number of anilines is 1. The van der Waals surface area contributed by atoms with Crippen LogP contribution in [0, 0.1) is 5.41 Å². The summed E-state index contributed by atoms with van der Waals surface area (Å²) in [5.74, 6) is 6.32. The molecule has 0 fully saturated rings. The molecule has 0 spiro atoms. The largest absolute Gasteiger partial charge is 0.366 e. The summed E-state index contributed by atoms with van der Waals surface area (Å²) in [5.41, 5.74) is 11.5. The fourth-order valence-corrected chi connectivity index (χ4v) is 1.32. The van der Waals surface area contributed by atoms with Crippen molar-refractivity contribution in [3.63, 3.8) is 0 Å². The van der Waals surface area contributed by atoms with E-state index >= 15 is 0 Å². The summed E-state index contributed by atoms with van der Waals surface area (Å²) in [4.78, 5) is 0. The smallest absolute Gasteiger partial charge is 0.240 e. The van der Waals surface area contributed by atoms with Crippen molar-refractivity contribution in [2.45, 2.75) is 33.2 Å². The van der Waals surface area contributed by atoms with E-state index in [-0.39, 0.29) is 17.4 Å². The van der Waals surface area contributed by atoms with E-state index in [9.17, 15) is 0 Å². The molecule has 0 radical (unpaired) electrons. The van der Waals surface area contributed by atoms with Gasteiger partial charge in [-0.05, 0) is 11.8 Å². The van der Waals surface area contributed by atoms with Gasteiger partial charge in [0, 0.05) is 0 Å². The minimum Gasteiger partial charge on any atom is -0.366 e. The Labute approximate surface area is 83.4 Å². The molecule has 6 nitrogen and oxygen atoms in total. The molecule has 1 aromatic heterocycles. The summed E-state index contributed by atoms with van der Waals surface area (Å²) >= 11 is 0. The maximum absolute atomic E-state index is 5.94. The first kappa shape index (κ1) is 10.8. The van der Waals surface area contributed by atoms with Crippen LogP contribution in [0.25, 0.3) is 0 Å². The molecule has 0 aliphatic heterocycles. The first-order valence-electron chi connectivity index (χ1n) is 4.53. The molecular weight excluding hydrogens is 180 g/mol. The molecule has 14 heavy (non-hydrogen) atoms. The van der Waals surface area contributed by atoms with Crippen molar-refractivity contribution in [3.8, 4) is 0 Å². The van der Waals surface area contributed by atoms with Crippen molar-refractivity contribution in [2.24, 2.45) is 11.1 Å². The van der Waals surface area contributed by atoms with Crippen molar-refractivity contribution in [1.29, 1.82) is 0 Å². The Kier molecular flexibility index (Phi) is 2.66. The molecule has 0 bridgehead atoms. The summed E-state index contributed by atoms with van der Waals surface area (Å²) in [6.45, 7) is 6.31. The third-order valence-corrected chi connectivity index (χ3v) is 1.91. The maximum atomic E-state index is 5.94. The number of nitrogens with two attached hydrogens (primary N) is 3. The van der Waals surface area contributed by atoms with Crippen molar-refractivity contribution in [2.75, 3.05) is 11.6 Å². The van der Waals surface area contributed by atoms with Crippen LogP contribution in [0.15, 0.2) is 0 Å². The van der Waals surface area contributed by atoms with E-state index in [1.165, 1.54) is 4.68 Å². The molecule has 0 amide bonds. The summed E-state index contributed by atoms with van der Waals surface area (Å²) in [6.07, 6.45) is 0.780. The van der Waals surface area contributed by atoms with Gasteiger partial charge in [-0.2, -0.15) is 0 Å². The minimum absolute atomic E-state index is 0.125. The van der Waals surface area contributed by atoms with Crippen LogP contribution in [0.1, 0.15) is 39.1 Å². The van der Waals surface area contributed by atoms with Crippen LogP contribution in [0.2, 0.25) is 0 Å². The van der Waals surface area contributed by atoms with Crippen LogP contribution in [-0.2, 0) is 0 Å². The summed E-state index contributed by atoms with van der Waals surface area (Å²) < 4.78 is 1.23. The Bertz CT molecular complexity index is 310. The SMILES string of the molecule is CC(C)(C)CC(N)c1nnc(N)n1N. The highest BCUT2D eigenvalue weighted by Crippen LogP contribution is 2.26. The van der Waals surface area contributed by atoms with Crippen LogP contribution < -0.4 is 17.3 Å². The van der Waals surface area contributed by atoms with Gasteiger partial charge in [0.05, 0.1) is 6.04 Å². The van der Waals surface area contributed by atoms with Gasteiger partial charge in [-0.25, -0.2) is 4.68 Å². The van der Waals surface area contributed by atoms with Gasteiger partial charge in [0.2, 0.25) is 5.95 Å². The standard InChI is InChI=1S/C8H18N6/c1-8(2,3)4-5(9)6-12-13-7(10)14(6)11/h5H,4,9,11H2,1-3H3,(H2,10,13). The quantitative estimate of drug-likeness (QED) is 0.580. The Morgan fingerprint density at radius 1 is 1.36 bits per heavy atom. The second-order valence-electron chi connectivity index (χ2n) is 4.66. The van der Waals surface area contributed by atoms with Crippen molar-refractivity contribution in [3.05, 3.63) is 5.82 Å². The second kappa shape index (κ2) is 3.45. The van der Waals surface area contributed by atoms with Gasteiger partial charge in [0.15, 0.2) is 5.82 Å². The number of nitrogens with zero attached hydrogens (tertiary/aromatic N) is 3. The van der Waals surface area contributed by atoms with E-state index in [0.29, 0.717) is 5.82 Å². The predicted octanol–water partition coefficient (Wildman–Crippen LogP) is 0.0101. The Morgan fingerprint density at radius 3 is 2.29 bits per heavy atom. The number of rotatable bonds is 2. The van der Waals surface area contributed by atoms with E-state index in [4.69, 9.17) is 17.3 Å². The highest BCUT2D eigenvalue weighted by Gasteiger charge is 2.21. The van der Waals surface area contributed by atoms with Gasteiger partial charge >= 0.3 is 0 Å². The molecule has 1 atom stereocenters. The molecule has 0 saturated heterocycles. The lowest BCUT2D eigenvalue weighted by Gasteiger charge is -2.22. The summed E-state index contributed by atoms with van der Waals surface area (Å²) in [6, 6.07) is -0.232. The van der Waals surface area contributed by atoms with Crippen molar-refractivity contribution < 1.29 is 0 Å². The lowest BCUT2D eigenvalue weighted by atomic mass is 9.88. The summed E-state index contributed by atoms with van der Waals surface area (Å²) in [5, 5.41) is 7.49. The van der Waals surface area contributed by atoms with Gasteiger partial charge in [-0.1, -0.05) is 20.8 Å². The van der Waals surface area contributed by atoms with Gasteiger partial charge in [0.25, 0.3) is 0 Å². The van der Waals surface area contributed by atoms with Gasteiger partial charge in [-0.3, -0.25) is 0 Å². The minimum atomic E-state index is -0.232. The van der Waals surface area contributed by atoms with E-state index in [1.54, 1.807) is 0 Å². The zero-order valence-corrected chi connectivity index (χ0v) is 8.86. The lowest BCUT2D eigenvalue weighted by Crippen LogP contribution is -2.25. The number of aromatic nitrogens is 3. The third kappa shape index (κ3) is 2.35. The highest BCUT2D eigenvalue weighted by molar-refractivity contribution is 5.18. The van der Waals surface area contributed by atoms with Crippen molar-refractivity contribution >= 4 is 5.95 Å². The molecule has 1 aromatic rings.